The summed E-state index contributed by atoms with van der Waals surface area (Å²) >= 11 is 0. The van der Waals surface area contributed by atoms with Crippen molar-refractivity contribution in [2.45, 2.75) is 20.3 Å². The molecule has 3 heterocycles. The molecule has 0 atom stereocenters. The average molecular weight is 687 g/mol. The Morgan fingerprint density at radius 3 is 2.48 bits per heavy atom. The van der Waals surface area contributed by atoms with Gasteiger partial charge in [0.2, 0.25) is 0 Å². The number of hydrogen-bond acceptors (Lipinski definition) is 9. The molecule has 1 saturated heterocycles. The van der Waals surface area contributed by atoms with Gasteiger partial charge in [-0.1, -0.05) is 0 Å². The number of halogens is 2. The van der Waals surface area contributed by atoms with E-state index in [-0.39, 0.29) is 35.3 Å². The molecule has 262 valence electrons. The fourth-order valence-corrected chi connectivity index (χ4v) is 5.78. The number of piperazine rings is 1. The van der Waals surface area contributed by atoms with Crippen LogP contribution in [0.25, 0.3) is 16.6 Å². The van der Waals surface area contributed by atoms with Crippen LogP contribution in [-0.4, -0.2) is 90.6 Å². The third-order valence-electron chi connectivity index (χ3n) is 8.47. The van der Waals surface area contributed by atoms with Crippen molar-refractivity contribution in [3.8, 4) is 34.4 Å². The summed E-state index contributed by atoms with van der Waals surface area (Å²) in [6.45, 7) is 9.56. The molecule has 1 aliphatic rings. The molecule has 2 aromatic heterocycles. The van der Waals surface area contributed by atoms with Crippen LogP contribution >= 0.6 is 0 Å². The lowest BCUT2D eigenvalue weighted by molar-refractivity contribution is 0.101. The third kappa shape index (κ3) is 7.95. The number of likely N-dealkylation sites (N-methyl/N-ethyl adjacent to an activating group) is 1. The number of anilines is 1. The highest BCUT2D eigenvalue weighted by atomic mass is 19.1. The lowest BCUT2D eigenvalue weighted by Gasteiger charge is -2.32. The number of ether oxygens (including phenoxy) is 4. The maximum Gasteiger partial charge on any atom is 0.280 e. The van der Waals surface area contributed by atoms with Crippen LogP contribution in [0.5, 0.6) is 28.7 Å². The minimum atomic E-state index is -0.697. The van der Waals surface area contributed by atoms with Crippen molar-refractivity contribution >= 4 is 22.5 Å². The zero-order valence-corrected chi connectivity index (χ0v) is 28.5. The van der Waals surface area contributed by atoms with E-state index in [0.29, 0.717) is 46.0 Å². The number of hydrogen-bond donors (Lipinski definition) is 1. The fourth-order valence-electron chi connectivity index (χ4n) is 5.78. The molecule has 0 unspecified atom stereocenters. The molecule has 0 aliphatic carbocycles. The molecule has 0 saturated carbocycles. The van der Waals surface area contributed by atoms with Gasteiger partial charge in [0, 0.05) is 62.1 Å². The van der Waals surface area contributed by atoms with E-state index in [0.717, 1.165) is 45.2 Å². The predicted molar refractivity (Wildman–Crippen MR) is 186 cm³/mol. The molecule has 3 aromatic carbocycles. The summed E-state index contributed by atoms with van der Waals surface area (Å²) in [5.74, 6) is -0.0559. The lowest BCUT2D eigenvalue weighted by Crippen LogP contribution is -2.44. The molecule has 1 N–H and O–H groups in total. The summed E-state index contributed by atoms with van der Waals surface area (Å²) in [6, 6.07) is 13.6. The van der Waals surface area contributed by atoms with Gasteiger partial charge in [-0.3, -0.25) is 9.78 Å². The Kier molecular flexibility index (Phi) is 10.7. The van der Waals surface area contributed by atoms with Crippen LogP contribution in [0.4, 0.5) is 14.5 Å². The normalized spacial score (nSPS) is 13.7. The summed E-state index contributed by atoms with van der Waals surface area (Å²) in [5, 5.41) is 7.67. The van der Waals surface area contributed by atoms with Gasteiger partial charge < -0.3 is 34.1 Å². The summed E-state index contributed by atoms with van der Waals surface area (Å²) < 4.78 is 53.9. The average Bonchev–Trinajstić information content (AvgIpc) is 3.52. The highest BCUT2D eigenvalue weighted by molar-refractivity contribution is 6.04. The lowest BCUT2D eigenvalue weighted by atomic mass is 10.1. The molecule has 1 fully saturated rings. The number of rotatable bonds is 13. The number of fused-ring (bicyclic) bond motifs is 1. The van der Waals surface area contributed by atoms with Crippen molar-refractivity contribution < 1.29 is 32.5 Å². The second-order valence-corrected chi connectivity index (χ2v) is 12.0. The van der Waals surface area contributed by atoms with Crippen LogP contribution in [0.15, 0.2) is 67.0 Å². The molecule has 1 aliphatic heterocycles. The Morgan fingerprint density at radius 2 is 1.74 bits per heavy atom. The first-order chi connectivity index (χ1) is 24.2. The van der Waals surface area contributed by atoms with E-state index in [1.165, 1.54) is 28.9 Å². The quantitative estimate of drug-likeness (QED) is 0.140. The number of aromatic nitrogens is 3. The van der Waals surface area contributed by atoms with Crippen LogP contribution < -0.4 is 24.3 Å². The molecule has 11 nitrogen and oxygen atoms in total. The van der Waals surface area contributed by atoms with E-state index < -0.39 is 11.7 Å². The molecule has 6 rings (SSSR count). The van der Waals surface area contributed by atoms with Crippen molar-refractivity contribution in [3.05, 3.63) is 89.9 Å². The van der Waals surface area contributed by atoms with Crippen LogP contribution in [0.2, 0.25) is 0 Å². The van der Waals surface area contributed by atoms with Gasteiger partial charge in [0.25, 0.3) is 5.91 Å². The number of carbonyl (C=O) groups is 1. The Labute approximate surface area is 289 Å². The van der Waals surface area contributed by atoms with Crippen LogP contribution in [0, 0.1) is 18.6 Å². The van der Waals surface area contributed by atoms with Gasteiger partial charge >= 0.3 is 0 Å². The Morgan fingerprint density at radius 1 is 0.920 bits per heavy atom. The minimum absolute atomic E-state index is 0.00751. The molecule has 13 heteroatoms. The number of amides is 1. The monoisotopic (exact) mass is 686 g/mol. The smallest absolute Gasteiger partial charge is 0.280 e. The number of methoxy groups -OCH3 is 1. The van der Waals surface area contributed by atoms with Crippen molar-refractivity contribution in [3.63, 3.8) is 0 Å². The van der Waals surface area contributed by atoms with E-state index in [2.05, 4.69) is 32.2 Å². The van der Waals surface area contributed by atoms with Crippen LogP contribution in [0.1, 0.15) is 29.4 Å². The topological polar surface area (TPSA) is 103 Å². The third-order valence-corrected chi connectivity index (χ3v) is 8.47. The first kappa shape index (κ1) is 34.6. The SMILES string of the molecule is CCOc1cn(-c2ccc(F)cc2C)nc1C(=O)Nc1ccc(Oc2ccnc3cc(OCCCN4CCN(C)CC4)c(OC)cc23)c(F)c1. The van der Waals surface area contributed by atoms with Gasteiger partial charge in [-0.05, 0) is 75.3 Å². The van der Waals surface area contributed by atoms with E-state index in [4.69, 9.17) is 18.9 Å². The zero-order chi connectivity index (χ0) is 35.2. The number of pyridine rings is 1. The maximum atomic E-state index is 15.4. The first-order valence-corrected chi connectivity index (χ1v) is 16.5. The predicted octanol–water partition coefficient (Wildman–Crippen LogP) is 6.48. The number of nitrogens with zero attached hydrogens (tertiary/aromatic N) is 5. The second-order valence-electron chi connectivity index (χ2n) is 12.0. The Hall–Kier alpha value is -5.27. The van der Waals surface area contributed by atoms with E-state index >= 15 is 4.39 Å². The van der Waals surface area contributed by atoms with Crippen LogP contribution in [0.3, 0.4) is 0 Å². The number of aryl methyl sites for hydroxylation is 1. The van der Waals surface area contributed by atoms with Gasteiger partial charge in [0.1, 0.15) is 11.6 Å². The number of nitrogens with one attached hydrogen (secondary N) is 1. The zero-order valence-electron chi connectivity index (χ0n) is 28.5. The molecular formula is C37H40F2N6O5. The standard InChI is InChI=1S/C37H40F2N6O5/c1-5-48-35-23-45(30-9-7-25(38)19-24(30)2)42-36(35)37(46)41-26-8-10-32(28(39)20-26)50-31-11-12-40-29-22-34(33(47-4)21-27(29)31)49-18-6-13-44-16-14-43(3)15-17-44/h7-12,19-23H,5-6,13-18H2,1-4H3,(H,41,46). The Bertz CT molecular complexity index is 1980. The van der Waals surface area contributed by atoms with Gasteiger partial charge in [-0.25, -0.2) is 13.5 Å². The molecule has 1 amide bonds. The largest absolute Gasteiger partial charge is 0.493 e. The minimum Gasteiger partial charge on any atom is -0.493 e. The van der Waals surface area contributed by atoms with Gasteiger partial charge in [-0.15, -0.1) is 0 Å². The van der Waals surface area contributed by atoms with E-state index in [1.807, 2.05) is 0 Å². The number of benzene rings is 3. The van der Waals surface area contributed by atoms with E-state index in [1.54, 1.807) is 57.6 Å². The van der Waals surface area contributed by atoms with Crippen molar-refractivity contribution in [2.24, 2.45) is 0 Å². The van der Waals surface area contributed by atoms with Crippen molar-refractivity contribution in [2.75, 3.05) is 65.4 Å². The van der Waals surface area contributed by atoms with Gasteiger partial charge in [0.15, 0.2) is 34.5 Å². The van der Waals surface area contributed by atoms with Gasteiger partial charge in [-0.2, -0.15) is 5.10 Å². The second kappa shape index (κ2) is 15.5. The van der Waals surface area contributed by atoms with Crippen LogP contribution in [-0.2, 0) is 0 Å². The summed E-state index contributed by atoms with van der Waals surface area (Å²) in [6.07, 6.45) is 4.01. The highest BCUT2D eigenvalue weighted by Crippen LogP contribution is 2.38. The van der Waals surface area contributed by atoms with Crippen molar-refractivity contribution in [1.29, 1.82) is 0 Å². The summed E-state index contributed by atoms with van der Waals surface area (Å²) in [4.78, 5) is 22.5. The molecule has 0 radical (unpaired) electrons. The highest BCUT2D eigenvalue weighted by Gasteiger charge is 2.21. The molecular weight excluding hydrogens is 646 g/mol. The molecule has 0 bridgehead atoms. The van der Waals surface area contributed by atoms with Gasteiger partial charge in [0.05, 0.1) is 37.7 Å². The number of carbonyl (C=O) groups excluding carboxylic acids is 1. The fraction of sp³-hybridized carbons (Fsp3) is 0.324. The summed E-state index contributed by atoms with van der Waals surface area (Å²) in [7, 11) is 3.71. The molecule has 5 aromatic rings. The molecule has 50 heavy (non-hydrogen) atoms. The van der Waals surface area contributed by atoms with Crippen molar-refractivity contribution in [1.82, 2.24) is 24.6 Å². The maximum absolute atomic E-state index is 15.4. The van der Waals surface area contributed by atoms with E-state index in [9.17, 15) is 9.18 Å². The molecule has 0 spiro atoms. The Balaban J connectivity index is 1.14. The first-order valence-electron chi connectivity index (χ1n) is 16.5. The summed E-state index contributed by atoms with van der Waals surface area (Å²) in [5.41, 5.74) is 1.99.